The molecule has 0 fully saturated rings. The van der Waals surface area contributed by atoms with Crippen molar-refractivity contribution < 1.29 is 27.9 Å². The molecule has 0 radical (unpaired) electrons. The number of aromatic nitrogens is 2. The normalized spacial score (nSPS) is 11.4. The fraction of sp³-hybridized carbons (Fsp3) is 0.353. The molecule has 9 heteroatoms. The van der Waals surface area contributed by atoms with E-state index in [4.69, 9.17) is 5.11 Å². The molecule has 26 heavy (non-hydrogen) atoms. The Morgan fingerprint density at radius 1 is 1.23 bits per heavy atom. The Balaban J connectivity index is 2.53. The van der Waals surface area contributed by atoms with Crippen molar-refractivity contribution in [1.29, 1.82) is 0 Å². The third-order valence-corrected chi connectivity index (χ3v) is 3.65. The summed E-state index contributed by atoms with van der Waals surface area (Å²) in [5.74, 6) is -2.31. The third kappa shape index (κ3) is 4.22. The minimum absolute atomic E-state index is 0.0259. The molecule has 0 atom stereocenters. The maximum atomic E-state index is 13.6. The number of carboxylic acid groups (broad SMARTS) is 1. The monoisotopic (exact) mass is 369 g/mol. The number of carbonyl (C=O) groups excluding carboxylic acids is 1. The van der Waals surface area contributed by atoms with Gasteiger partial charge in [0.25, 0.3) is 5.91 Å². The van der Waals surface area contributed by atoms with Crippen molar-refractivity contribution in [1.82, 2.24) is 14.7 Å². The van der Waals surface area contributed by atoms with E-state index in [1.807, 2.05) is 0 Å². The molecule has 1 aromatic heterocycles. The van der Waals surface area contributed by atoms with Gasteiger partial charge in [-0.1, -0.05) is 24.6 Å². The topological polar surface area (TPSA) is 75.4 Å². The molecule has 0 spiro atoms. The molecule has 0 unspecified atom stereocenters. The zero-order chi connectivity index (χ0) is 19.5. The van der Waals surface area contributed by atoms with Crippen molar-refractivity contribution in [2.24, 2.45) is 0 Å². The first-order valence-electron chi connectivity index (χ1n) is 7.88. The number of aryl methyl sites for hydroxylation is 1. The average Bonchev–Trinajstić information content (AvgIpc) is 2.99. The van der Waals surface area contributed by atoms with Crippen molar-refractivity contribution in [3.05, 3.63) is 47.3 Å². The highest BCUT2D eigenvalue weighted by Gasteiger charge is 2.41. The molecule has 0 aliphatic carbocycles. The first kappa shape index (κ1) is 19.5. The summed E-state index contributed by atoms with van der Waals surface area (Å²) in [5, 5.41) is 12.6. The van der Waals surface area contributed by atoms with Crippen LogP contribution in [0.2, 0.25) is 0 Å². The maximum absolute atomic E-state index is 13.6. The Morgan fingerprint density at radius 2 is 1.85 bits per heavy atom. The Bertz CT molecular complexity index is 798. The van der Waals surface area contributed by atoms with Gasteiger partial charge in [0.05, 0.1) is 17.4 Å². The number of halogens is 3. The number of hydrogen-bond donors (Lipinski definition) is 1. The molecule has 1 aromatic carbocycles. The zero-order valence-electron chi connectivity index (χ0n) is 14.2. The van der Waals surface area contributed by atoms with Crippen LogP contribution in [0.15, 0.2) is 30.5 Å². The van der Waals surface area contributed by atoms with Gasteiger partial charge in [0.2, 0.25) is 0 Å². The minimum atomic E-state index is -4.84. The summed E-state index contributed by atoms with van der Waals surface area (Å²) in [6, 6.07) is 6.19. The van der Waals surface area contributed by atoms with Crippen LogP contribution in [-0.4, -0.2) is 44.8 Å². The molecule has 0 saturated carbocycles. The van der Waals surface area contributed by atoms with Gasteiger partial charge in [0, 0.05) is 6.54 Å². The van der Waals surface area contributed by atoms with Gasteiger partial charge < -0.3 is 10.0 Å². The van der Waals surface area contributed by atoms with Crippen LogP contribution in [0, 0.1) is 6.92 Å². The highest BCUT2D eigenvalue weighted by Crippen LogP contribution is 2.34. The molecule has 0 bridgehead atoms. The summed E-state index contributed by atoms with van der Waals surface area (Å²) in [4.78, 5) is 24.3. The van der Waals surface area contributed by atoms with Gasteiger partial charge >= 0.3 is 12.1 Å². The average molecular weight is 369 g/mol. The number of alkyl halides is 3. The van der Waals surface area contributed by atoms with Crippen molar-refractivity contribution in [2.45, 2.75) is 26.4 Å². The van der Waals surface area contributed by atoms with Gasteiger partial charge in [0.1, 0.15) is 6.54 Å². The quantitative estimate of drug-likeness (QED) is 0.849. The predicted molar refractivity (Wildman–Crippen MR) is 87.1 cm³/mol. The van der Waals surface area contributed by atoms with Crippen molar-refractivity contribution in [2.75, 3.05) is 13.1 Å². The van der Waals surface area contributed by atoms with Crippen molar-refractivity contribution in [3.63, 3.8) is 0 Å². The molecule has 2 aromatic rings. The number of rotatable bonds is 6. The van der Waals surface area contributed by atoms with Crippen LogP contribution in [0.4, 0.5) is 13.2 Å². The Labute approximate surface area is 147 Å². The van der Waals surface area contributed by atoms with E-state index in [2.05, 4.69) is 5.10 Å². The zero-order valence-corrected chi connectivity index (χ0v) is 14.2. The van der Waals surface area contributed by atoms with E-state index in [1.165, 1.54) is 12.1 Å². The van der Waals surface area contributed by atoms with Crippen LogP contribution < -0.4 is 0 Å². The van der Waals surface area contributed by atoms with Gasteiger partial charge in [-0.3, -0.25) is 9.59 Å². The molecule has 0 aliphatic heterocycles. The molecule has 2 rings (SSSR count). The molecule has 1 N–H and O–H groups in total. The van der Waals surface area contributed by atoms with E-state index in [9.17, 15) is 22.8 Å². The molecule has 6 nitrogen and oxygen atoms in total. The number of carbonyl (C=O) groups is 2. The van der Waals surface area contributed by atoms with Crippen LogP contribution in [0.1, 0.15) is 35.0 Å². The Hall–Kier alpha value is -2.84. The SMILES string of the molecule is CCCN(CC(=O)O)C(=O)c1cnn(-c2ccc(C)cc2)c1C(F)(F)F. The second kappa shape index (κ2) is 7.59. The number of aliphatic carboxylic acids is 1. The van der Waals surface area contributed by atoms with E-state index in [0.717, 1.165) is 16.7 Å². The summed E-state index contributed by atoms with van der Waals surface area (Å²) in [5.41, 5.74) is -0.880. The minimum Gasteiger partial charge on any atom is -0.480 e. The third-order valence-electron chi connectivity index (χ3n) is 3.65. The van der Waals surface area contributed by atoms with Gasteiger partial charge in [-0.05, 0) is 25.5 Å². The first-order valence-corrected chi connectivity index (χ1v) is 7.88. The lowest BCUT2D eigenvalue weighted by atomic mass is 10.2. The Kier molecular flexibility index (Phi) is 5.69. The van der Waals surface area contributed by atoms with Crippen LogP contribution in [0.25, 0.3) is 5.69 Å². The van der Waals surface area contributed by atoms with Crippen molar-refractivity contribution >= 4 is 11.9 Å². The predicted octanol–water partition coefficient (Wildman–Crippen LogP) is 3.14. The second-order valence-corrected chi connectivity index (χ2v) is 5.77. The molecule has 0 saturated heterocycles. The molecular formula is C17H18F3N3O3. The first-order chi connectivity index (χ1) is 12.1. The molecule has 140 valence electrons. The highest BCUT2D eigenvalue weighted by molar-refractivity contribution is 5.97. The van der Waals surface area contributed by atoms with E-state index < -0.39 is 35.9 Å². The molecular weight excluding hydrogens is 351 g/mol. The number of carboxylic acids is 1. The second-order valence-electron chi connectivity index (χ2n) is 5.77. The summed E-state index contributed by atoms with van der Waals surface area (Å²) >= 11 is 0. The standard InChI is InChI=1S/C17H18F3N3O3/c1-3-8-22(10-14(24)25)16(26)13-9-21-23(15(13)17(18,19)20)12-6-4-11(2)5-7-12/h4-7,9H,3,8,10H2,1-2H3,(H,24,25). The summed E-state index contributed by atoms with van der Waals surface area (Å²) in [6.45, 7) is 2.83. The number of hydrogen-bond acceptors (Lipinski definition) is 3. The van der Waals surface area contributed by atoms with E-state index in [1.54, 1.807) is 26.0 Å². The molecule has 1 heterocycles. The number of nitrogens with zero attached hydrogens (tertiary/aromatic N) is 3. The fourth-order valence-electron chi connectivity index (χ4n) is 2.52. The Morgan fingerprint density at radius 3 is 2.35 bits per heavy atom. The van der Waals surface area contributed by atoms with Gasteiger partial charge in [0.15, 0.2) is 5.69 Å². The summed E-state index contributed by atoms with van der Waals surface area (Å²) in [7, 11) is 0. The summed E-state index contributed by atoms with van der Waals surface area (Å²) in [6.07, 6.45) is -3.60. The van der Waals surface area contributed by atoms with E-state index >= 15 is 0 Å². The lowest BCUT2D eigenvalue weighted by Gasteiger charge is -2.20. The molecule has 0 aliphatic rings. The van der Waals surface area contributed by atoms with Crippen LogP contribution in [0.5, 0.6) is 0 Å². The van der Waals surface area contributed by atoms with Crippen LogP contribution >= 0.6 is 0 Å². The van der Waals surface area contributed by atoms with E-state index in [0.29, 0.717) is 11.1 Å². The number of benzene rings is 1. The molecule has 1 amide bonds. The van der Waals surface area contributed by atoms with Gasteiger partial charge in [-0.15, -0.1) is 0 Å². The lowest BCUT2D eigenvalue weighted by Crippen LogP contribution is -2.37. The van der Waals surface area contributed by atoms with Crippen LogP contribution in [-0.2, 0) is 11.0 Å². The summed E-state index contributed by atoms with van der Waals surface area (Å²) < 4.78 is 41.5. The van der Waals surface area contributed by atoms with Crippen LogP contribution in [0.3, 0.4) is 0 Å². The smallest absolute Gasteiger partial charge is 0.434 e. The van der Waals surface area contributed by atoms with E-state index in [-0.39, 0.29) is 12.2 Å². The van der Waals surface area contributed by atoms with Gasteiger partial charge in [-0.2, -0.15) is 18.3 Å². The fourth-order valence-corrected chi connectivity index (χ4v) is 2.52. The number of amides is 1. The lowest BCUT2D eigenvalue weighted by molar-refractivity contribution is -0.143. The maximum Gasteiger partial charge on any atom is 0.434 e. The highest BCUT2D eigenvalue weighted by atomic mass is 19.4. The largest absolute Gasteiger partial charge is 0.480 e. The van der Waals surface area contributed by atoms with Crippen molar-refractivity contribution in [3.8, 4) is 5.69 Å². The van der Waals surface area contributed by atoms with Gasteiger partial charge in [-0.25, -0.2) is 4.68 Å².